The Bertz CT molecular complexity index is 1060. The molecule has 6 heteroatoms. The van der Waals surface area contributed by atoms with Gasteiger partial charge >= 0.3 is 0 Å². The molecule has 0 atom stereocenters. The van der Waals surface area contributed by atoms with E-state index in [-0.39, 0.29) is 32.7 Å². The summed E-state index contributed by atoms with van der Waals surface area (Å²) < 4.78 is 2.25. The monoisotopic (exact) mass is 356 g/mol. The van der Waals surface area contributed by atoms with Crippen LogP contribution in [0.25, 0.3) is 21.5 Å². The van der Waals surface area contributed by atoms with E-state index in [1.807, 2.05) is 0 Å². The van der Waals surface area contributed by atoms with Crippen molar-refractivity contribution in [2.75, 3.05) is 0 Å². The zero-order valence-corrected chi connectivity index (χ0v) is 15.3. The Hall–Kier alpha value is -2.50. The summed E-state index contributed by atoms with van der Waals surface area (Å²) in [7, 11) is 1.40. The minimum absolute atomic E-state index is 0.204. The number of fused-ring (bicyclic) bond motifs is 2. The van der Waals surface area contributed by atoms with Gasteiger partial charge in [0.1, 0.15) is 0 Å². The second-order valence-electron chi connectivity index (χ2n) is 7.00. The van der Waals surface area contributed by atoms with Gasteiger partial charge in [-0.15, -0.1) is 0 Å². The Labute approximate surface area is 150 Å². The van der Waals surface area contributed by atoms with Gasteiger partial charge < -0.3 is 0 Å². The van der Waals surface area contributed by atoms with Gasteiger partial charge in [0.05, 0.1) is 21.5 Å². The molecule has 0 aliphatic heterocycles. The first-order chi connectivity index (χ1) is 12.5. The maximum absolute atomic E-state index is 12.6. The fourth-order valence-electron chi connectivity index (χ4n) is 3.57. The summed E-state index contributed by atoms with van der Waals surface area (Å²) in [5, 5.41) is 0.867. The van der Waals surface area contributed by atoms with E-state index in [2.05, 4.69) is 6.92 Å². The van der Waals surface area contributed by atoms with Gasteiger partial charge in [-0.05, 0) is 18.6 Å². The molecule has 2 heterocycles. The molecule has 6 nitrogen and oxygen atoms in total. The van der Waals surface area contributed by atoms with Crippen molar-refractivity contribution in [2.45, 2.75) is 58.4 Å². The van der Waals surface area contributed by atoms with Crippen LogP contribution in [-0.4, -0.2) is 9.13 Å². The zero-order chi connectivity index (χ0) is 18.8. The van der Waals surface area contributed by atoms with Crippen LogP contribution in [0.4, 0.5) is 0 Å². The highest BCUT2D eigenvalue weighted by Crippen LogP contribution is 2.14. The summed E-state index contributed by atoms with van der Waals surface area (Å²) in [5.41, 5.74) is -1.60. The average Bonchev–Trinajstić information content (AvgIpc) is 3.00. The topological polar surface area (TPSA) is 78.1 Å². The van der Waals surface area contributed by atoms with E-state index in [1.54, 1.807) is 0 Å². The maximum Gasteiger partial charge on any atom is 0.261 e. The summed E-state index contributed by atoms with van der Waals surface area (Å²) in [4.78, 5) is 49.3. The molecule has 26 heavy (non-hydrogen) atoms. The molecule has 3 aromatic rings. The molecule has 0 radical (unpaired) electrons. The third-order valence-corrected chi connectivity index (χ3v) is 5.16. The van der Waals surface area contributed by atoms with Crippen molar-refractivity contribution in [1.29, 1.82) is 0 Å². The molecular formula is C20H24N2O4. The van der Waals surface area contributed by atoms with Crippen LogP contribution in [0.3, 0.4) is 0 Å². The largest absolute Gasteiger partial charge is 0.277 e. The van der Waals surface area contributed by atoms with Crippen LogP contribution in [0.15, 0.2) is 31.3 Å². The van der Waals surface area contributed by atoms with Crippen molar-refractivity contribution in [3.63, 3.8) is 0 Å². The van der Waals surface area contributed by atoms with E-state index >= 15 is 0 Å². The molecule has 0 saturated carbocycles. The van der Waals surface area contributed by atoms with E-state index in [0.717, 1.165) is 23.8 Å². The van der Waals surface area contributed by atoms with Gasteiger partial charge in [0.25, 0.3) is 22.2 Å². The molecule has 0 N–H and O–H groups in total. The van der Waals surface area contributed by atoms with Gasteiger partial charge in [-0.2, -0.15) is 0 Å². The quantitative estimate of drug-likeness (QED) is 0.580. The second-order valence-corrected chi connectivity index (χ2v) is 7.00. The van der Waals surface area contributed by atoms with Crippen molar-refractivity contribution in [2.24, 2.45) is 7.05 Å². The highest BCUT2D eigenvalue weighted by atomic mass is 16.2. The fourth-order valence-corrected chi connectivity index (χ4v) is 3.57. The van der Waals surface area contributed by atoms with E-state index in [4.69, 9.17) is 0 Å². The number of hydrogen-bond acceptors (Lipinski definition) is 4. The number of hydrogen-bond donors (Lipinski definition) is 0. The Morgan fingerprint density at radius 3 is 1.58 bits per heavy atom. The molecule has 0 aliphatic carbocycles. The van der Waals surface area contributed by atoms with E-state index in [0.29, 0.717) is 6.54 Å². The van der Waals surface area contributed by atoms with Crippen molar-refractivity contribution in [3.8, 4) is 0 Å². The van der Waals surface area contributed by atoms with Crippen molar-refractivity contribution >= 4 is 21.5 Å². The Morgan fingerprint density at radius 2 is 1.08 bits per heavy atom. The first-order valence-electron chi connectivity index (χ1n) is 9.34. The van der Waals surface area contributed by atoms with Crippen LogP contribution >= 0.6 is 0 Å². The minimum atomic E-state index is -0.432. The highest BCUT2D eigenvalue weighted by molar-refractivity contribution is 5.97. The van der Waals surface area contributed by atoms with Gasteiger partial charge in [-0.1, -0.05) is 45.4 Å². The van der Waals surface area contributed by atoms with Gasteiger partial charge in [0, 0.05) is 13.6 Å². The summed E-state index contributed by atoms with van der Waals surface area (Å²) in [5.74, 6) is 0. The van der Waals surface area contributed by atoms with Crippen LogP contribution in [0.5, 0.6) is 0 Å². The Balaban J connectivity index is 1.86. The van der Waals surface area contributed by atoms with Gasteiger partial charge in [0.15, 0.2) is 0 Å². The van der Waals surface area contributed by atoms with E-state index in [9.17, 15) is 19.2 Å². The zero-order valence-electron chi connectivity index (χ0n) is 15.3. The molecule has 2 aromatic heterocycles. The Kier molecular flexibility index (Phi) is 5.20. The number of unbranched alkanes of at least 4 members (excludes halogenated alkanes) is 6. The molecule has 0 aliphatic rings. The standard InChI is InChI=1S/C20H24N2O4/c1-3-4-5-6-7-8-9-10-22-19(25)15-11-13-14(12-16(15)20(22)26)18(24)21(2)17(13)23/h11-12H,3-10H2,1-2H3. The normalized spacial score (nSPS) is 11.8. The van der Waals surface area contributed by atoms with Crippen LogP contribution in [0.2, 0.25) is 0 Å². The lowest BCUT2D eigenvalue weighted by Gasteiger charge is -2.01. The first kappa shape index (κ1) is 18.3. The predicted molar refractivity (Wildman–Crippen MR) is 104 cm³/mol. The van der Waals surface area contributed by atoms with Crippen LogP contribution in [0, 0.1) is 0 Å². The number of nitrogens with zero attached hydrogens (tertiary/aromatic N) is 2. The summed E-state index contributed by atoms with van der Waals surface area (Å²) in [6.45, 7) is 2.56. The molecule has 3 rings (SSSR count). The van der Waals surface area contributed by atoms with E-state index < -0.39 is 11.1 Å². The molecule has 0 spiro atoms. The number of benzene rings is 1. The van der Waals surface area contributed by atoms with Crippen molar-refractivity contribution < 1.29 is 0 Å². The minimum Gasteiger partial charge on any atom is -0.277 e. The van der Waals surface area contributed by atoms with E-state index in [1.165, 1.54) is 49.4 Å². The van der Waals surface area contributed by atoms with Crippen LogP contribution in [-0.2, 0) is 13.6 Å². The van der Waals surface area contributed by atoms with Gasteiger partial charge in [0.2, 0.25) is 0 Å². The lowest BCUT2D eigenvalue weighted by atomic mass is 10.1. The third kappa shape index (κ3) is 3.04. The molecular weight excluding hydrogens is 332 g/mol. The van der Waals surface area contributed by atoms with Gasteiger partial charge in [-0.3, -0.25) is 28.3 Å². The second kappa shape index (κ2) is 7.40. The fraction of sp³-hybridized carbons (Fsp3) is 0.500. The molecule has 0 fully saturated rings. The molecule has 0 bridgehead atoms. The molecule has 138 valence electrons. The summed E-state index contributed by atoms with van der Waals surface area (Å²) in [6, 6.07) is 2.80. The SMILES string of the molecule is CCCCCCCCCn1c(=O)c2cc3c(=O)n(C)c(=O)c3cc2c1=O. The Morgan fingerprint density at radius 1 is 0.654 bits per heavy atom. The molecule has 0 amide bonds. The summed E-state index contributed by atoms with van der Waals surface area (Å²) in [6.07, 6.45) is 7.72. The molecule has 1 aromatic carbocycles. The smallest absolute Gasteiger partial charge is 0.261 e. The number of aromatic nitrogens is 2. The highest BCUT2D eigenvalue weighted by Gasteiger charge is 2.18. The third-order valence-electron chi connectivity index (χ3n) is 5.16. The average molecular weight is 356 g/mol. The first-order valence-corrected chi connectivity index (χ1v) is 9.34. The van der Waals surface area contributed by atoms with Crippen LogP contribution in [0.1, 0.15) is 51.9 Å². The molecule has 0 saturated heterocycles. The molecule has 0 unspecified atom stereocenters. The predicted octanol–water partition coefficient (Wildman–Crippen LogP) is 2.20. The van der Waals surface area contributed by atoms with Crippen LogP contribution < -0.4 is 22.2 Å². The number of rotatable bonds is 8. The lowest BCUT2D eigenvalue weighted by molar-refractivity contribution is 0.541. The van der Waals surface area contributed by atoms with Crippen molar-refractivity contribution in [3.05, 3.63) is 53.5 Å². The lowest BCUT2D eigenvalue weighted by Crippen LogP contribution is -2.25. The van der Waals surface area contributed by atoms with Crippen molar-refractivity contribution in [1.82, 2.24) is 9.13 Å². The summed E-state index contributed by atoms with van der Waals surface area (Å²) >= 11 is 0. The van der Waals surface area contributed by atoms with Gasteiger partial charge in [-0.25, -0.2) is 0 Å². The maximum atomic E-state index is 12.6.